The third kappa shape index (κ3) is 6.73. The Morgan fingerprint density at radius 3 is 2.38 bits per heavy atom. The molecule has 1 aromatic heterocycles. The van der Waals surface area contributed by atoms with Crippen LogP contribution in [0.2, 0.25) is 0 Å². The van der Waals surface area contributed by atoms with Gasteiger partial charge in [0.05, 0.1) is 10.9 Å². The van der Waals surface area contributed by atoms with Crippen molar-refractivity contribution in [2.75, 3.05) is 61.5 Å². The predicted molar refractivity (Wildman–Crippen MR) is 154 cm³/mol. The van der Waals surface area contributed by atoms with Gasteiger partial charge in [0.1, 0.15) is 11.9 Å². The topological polar surface area (TPSA) is 154 Å². The fraction of sp³-hybridized carbons (Fsp3) is 0.560. The van der Waals surface area contributed by atoms with Gasteiger partial charge in [0.25, 0.3) is 11.9 Å². The van der Waals surface area contributed by atoms with Crippen molar-refractivity contribution in [3.63, 3.8) is 0 Å². The lowest BCUT2D eigenvalue weighted by Gasteiger charge is -2.57. The number of nitrogens with one attached hydrogen (secondary N) is 1. The van der Waals surface area contributed by atoms with Crippen molar-refractivity contribution >= 4 is 54.9 Å². The van der Waals surface area contributed by atoms with E-state index in [1.165, 1.54) is 12.5 Å². The van der Waals surface area contributed by atoms with Crippen LogP contribution in [0.25, 0.3) is 0 Å². The van der Waals surface area contributed by atoms with Crippen molar-refractivity contribution in [3.8, 4) is 0 Å². The number of amides is 2. The highest BCUT2D eigenvalue weighted by Gasteiger charge is 2.42. The van der Waals surface area contributed by atoms with Gasteiger partial charge in [0.2, 0.25) is 0 Å². The van der Waals surface area contributed by atoms with E-state index in [1.54, 1.807) is 9.21 Å². The maximum absolute atomic E-state index is 14.1. The molecule has 14 heteroatoms. The number of likely N-dealkylation sites (tertiary alicyclic amines) is 1. The Labute approximate surface area is 236 Å². The van der Waals surface area contributed by atoms with E-state index in [0.717, 1.165) is 5.69 Å². The molecule has 2 saturated heterocycles. The zero-order chi connectivity index (χ0) is 28.6. The Bertz CT molecular complexity index is 1290. The summed E-state index contributed by atoms with van der Waals surface area (Å²) in [5, 5.41) is 2.37. The quantitative estimate of drug-likeness (QED) is 0.450. The maximum atomic E-state index is 14.1. The second kappa shape index (κ2) is 10.7. The fourth-order valence-corrected chi connectivity index (χ4v) is 8.01. The van der Waals surface area contributed by atoms with Gasteiger partial charge in [0.15, 0.2) is 5.69 Å². The van der Waals surface area contributed by atoms with Gasteiger partial charge in [0, 0.05) is 55.7 Å². The molecule has 0 bridgehead atoms. The molecule has 3 heterocycles. The molecule has 12 nitrogen and oxygen atoms in total. The van der Waals surface area contributed by atoms with E-state index >= 15 is 0 Å². The first-order valence-electron chi connectivity index (χ1n) is 12.8. The van der Waals surface area contributed by atoms with E-state index in [2.05, 4.69) is 31.1 Å². The second-order valence-corrected chi connectivity index (χ2v) is 15.7. The summed E-state index contributed by atoms with van der Waals surface area (Å²) in [7, 11) is -4.13. The maximum Gasteiger partial charge on any atom is 0.410 e. The molecule has 0 spiro atoms. The number of halogens is 1. The van der Waals surface area contributed by atoms with Crippen molar-refractivity contribution in [1.82, 2.24) is 14.2 Å². The monoisotopic (exact) mass is 628 g/mol. The van der Waals surface area contributed by atoms with Gasteiger partial charge in [-0.1, -0.05) is 0 Å². The number of hydrogen-bond donors (Lipinski definition) is 3. The standard InChI is InChI=1S/C25H37BrN6O6S/c1-25(2,3)38-24(34)31-9-7-18(8-10-31)39(4,35,36)32-13-11-30(12-14-32)17-5-6-19(26)20(15-17)28-22(33)21-16-37-23(27)29-21/h5-6,15-16,18H,7-14H2,1-4H3,(H2,27,29)(H,28,33)(H,35,36). The molecular formula is C25H37BrN6O6S. The van der Waals surface area contributed by atoms with Crippen LogP contribution < -0.4 is 16.0 Å². The SMILES string of the molecule is CC(C)(C)OC(=O)N1CCC(S(C)(=O)(O)N2CCN(c3ccc(Br)c(NC(=O)c4coc(N)n4)c3)CC2)CC1. The summed E-state index contributed by atoms with van der Waals surface area (Å²) in [4.78, 5) is 32.5. The number of hydrogen-bond acceptors (Lipinski definition) is 8. The minimum absolute atomic E-state index is 0.0715. The summed E-state index contributed by atoms with van der Waals surface area (Å²) >= 11 is 3.46. The number of rotatable bonds is 5. The smallest absolute Gasteiger partial charge is 0.410 e. The van der Waals surface area contributed by atoms with E-state index in [1.807, 2.05) is 39.0 Å². The van der Waals surface area contributed by atoms with Gasteiger partial charge in [-0.2, -0.15) is 9.19 Å². The van der Waals surface area contributed by atoms with Gasteiger partial charge in [-0.15, -0.1) is 9.53 Å². The summed E-state index contributed by atoms with van der Waals surface area (Å²) in [5.74, 6) is -0.454. The van der Waals surface area contributed by atoms with Crippen molar-refractivity contribution < 1.29 is 27.5 Å². The van der Waals surface area contributed by atoms with Crippen LogP contribution in [0, 0.1) is 0 Å². The molecule has 216 valence electrons. The molecule has 2 aromatic rings. The second-order valence-electron chi connectivity index (χ2n) is 11.1. The van der Waals surface area contributed by atoms with Crippen LogP contribution in [0.15, 0.2) is 33.4 Å². The highest BCUT2D eigenvalue weighted by molar-refractivity contribution is 9.10. The average Bonchev–Trinajstić information content (AvgIpc) is 3.31. The number of oxazole rings is 1. The van der Waals surface area contributed by atoms with Crippen LogP contribution >= 0.6 is 15.9 Å². The first-order chi connectivity index (χ1) is 18.1. The molecule has 0 saturated carbocycles. The predicted octanol–water partition coefficient (Wildman–Crippen LogP) is 3.63. The molecule has 39 heavy (non-hydrogen) atoms. The molecule has 0 aliphatic carbocycles. The molecule has 2 aliphatic rings. The van der Waals surface area contributed by atoms with E-state index < -0.39 is 26.3 Å². The van der Waals surface area contributed by atoms with E-state index in [-0.39, 0.29) is 17.8 Å². The molecule has 0 atom stereocenters. The summed E-state index contributed by atoms with van der Waals surface area (Å²) in [6.45, 7) is 8.11. The third-order valence-corrected chi connectivity index (χ3v) is 11.4. The number of carbonyl (C=O) groups is 2. The largest absolute Gasteiger partial charge is 0.444 e. The van der Waals surface area contributed by atoms with Crippen molar-refractivity contribution in [2.24, 2.45) is 0 Å². The number of aromatic nitrogens is 1. The number of piperazine rings is 1. The molecule has 2 fully saturated rings. The number of anilines is 3. The van der Waals surface area contributed by atoms with Gasteiger partial charge in [-0.3, -0.25) is 9.35 Å². The minimum atomic E-state index is -4.13. The number of ether oxygens (including phenoxy) is 1. The first kappa shape index (κ1) is 29.3. The molecule has 2 aliphatic heterocycles. The van der Waals surface area contributed by atoms with E-state index in [9.17, 15) is 18.4 Å². The minimum Gasteiger partial charge on any atom is -0.444 e. The van der Waals surface area contributed by atoms with Gasteiger partial charge < -0.3 is 30.0 Å². The Balaban J connectivity index is 1.37. The van der Waals surface area contributed by atoms with Crippen LogP contribution in [0.5, 0.6) is 0 Å². The number of nitrogen functional groups attached to an aromatic ring is 1. The van der Waals surface area contributed by atoms with E-state index in [0.29, 0.717) is 62.3 Å². The summed E-state index contributed by atoms with van der Waals surface area (Å²) in [6, 6.07) is 5.52. The fourth-order valence-electron chi connectivity index (χ4n) is 4.89. The first-order valence-corrected chi connectivity index (χ1v) is 15.9. The van der Waals surface area contributed by atoms with E-state index in [4.69, 9.17) is 14.9 Å². The zero-order valence-corrected chi connectivity index (χ0v) is 25.1. The highest BCUT2D eigenvalue weighted by Crippen LogP contribution is 2.37. The lowest BCUT2D eigenvalue weighted by atomic mass is 10.1. The van der Waals surface area contributed by atoms with Crippen molar-refractivity contribution in [3.05, 3.63) is 34.6 Å². The molecule has 4 rings (SSSR count). The number of benzene rings is 1. The average molecular weight is 630 g/mol. The number of nitrogens with zero attached hydrogens (tertiary/aromatic N) is 4. The molecule has 1 aromatic carbocycles. The lowest BCUT2D eigenvalue weighted by molar-refractivity contribution is 0.0214. The number of nitrogens with two attached hydrogens (primary N) is 1. The Morgan fingerprint density at radius 1 is 1.18 bits per heavy atom. The van der Waals surface area contributed by atoms with Crippen LogP contribution in [0.3, 0.4) is 0 Å². The molecule has 2 amide bonds. The van der Waals surface area contributed by atoms with Gasteiger partial charge in [-0.25, -0.2) is 9.10 Å². The zero-order valence-electron chi connectivity index (χ0n) is 22.7. The van der Waals surface area contributed by atoms with Crippen molar-refractivity contribution in [1.29, 1.82) is 0 Å². The van der Waals surface area contributed by atoms with Gasteiger partial charge in [-0.05, 0) is 67.7 Å². The molecule has 0 radical (unpaired) electrons. The van der Waals surface area contributed by atoms with Gasteiger partial charge >= 0.3 is 6.09 Å². The summed E-state index contributed by atoms with van der Waals surface area (Å²) < 4.78 is 38.4. The third-order valence-electron chi connectivity index (χ3n) is 7.05. The normalized spacial score (nSPS) is 18.9. The molecule has 0 unspecified atom stereocenters. The highest BCUT2D eigenvalue weighted by atomic mass is 79.9. The Morgan fingerprint density at radius 2 is 1.82 bits per heavy atom. The number of carbonyl (C=O) groups excluding carboxylic acids is 2. The number of piperidine rings is 1. The summed E-state index contributed by atoms with van der Waals surface area (Å²) in [6.07, 6.45) is 3.14. The lowest BCUT2D eigenvalue weighted by Crippen LogP contribution is -2.64. The van der Waals surface area contributed by atoms with Crippen LogP contribution in [-0.4, -0.2) is 91.3 Å². The summed E-state index contributed by atoms with van der Waals surface area (Å²) in [5.41, 5.74) is 6.37. The van der Waals surface area contributed by atoms with Crippen LogP contribution in [0.1, 0.15) is 44.1 Å². The Hall–Kier alpha value is -2.68. The Kier molecular flexibility index (Phi) is 8.05. The van der Waals surface area contributed by atoms with Crippen LogP contribution in [-0.2, 0) is 14.3 Å². The van der Waals surface area contributed by atoms with Crippen LogP contribution in [0.4, 0.5) is 22.2 Å². The molecule has 4 N–H and O–H groups in total. The van der Waals surface area contributed by atoms with Crippen molar-refractivity contribution in [2.45, 2.75) is 44.5 Å². The molecular weight excluding hydrogens is 592 g/mol.